The van der Waals surface area contributed by atoms with E-state index in [0.29, 0.717) is 12.0 Å². The molecule has 0 spiro atoms. The van der Waals surface area contributed by atoms with Gasteiger partial charge in [-0.05, 0) is 43.5 Å². The minimum Gasteiger partial charge on any atom is -0.310 e. The van der Waals surface area contributed by atoms with Crippen molar-refractivity contribution in [3.63, 3.8) is 0 Å². The van der Waals surface area contributed by atoms with E-state index in [9.17, 15) is 0 Å². The van der Waals surface area contributed by atoms with E-state index in [-0.39, 0.29) is 0 Å². The second-order valence-electron chi connectivity index (χ2n) is 5.64. The highest BCUT2D eigenvalue weighted by Gasteiger charge is 2.31. The van der Waals surface area contributed by atoms with Crippen molar-refractivity contribution in [2.24, 2.45) is 0 Å². The number of hydrogen-bond donors (Lipinski definition) is 1. The average Bonchev–Trinajstić information content (AvgIpc) is 2.90. The first-order valence-corrected chi connectivity index (χ1v) is 7.53. The summed E-state index contributed by atoms with van der Waals surface area (Å²) in [5.74, 6) is 0.494. The van der Waals surface area contributed by atoms with E-state index in [1.165, 1.54) is 28.8 Å². The van der Waals surface area contributed by atoms with Gasteiger partial charge in [-0.25, -0.2) is 0 Å². The Morgan fingerprint density at radius 1 is 1.25 bits per heavy atom. The van der Waals surface area contributed by atoms with Crippen LogP contribution < -0.4 is 5.32 Å². The lowest BCUT2D eigenvalue weighted by molar-refractivity contribution is 0.447. The molecule has 104 valence electrons. The molecule has 3 rings (SSSR count). The van der Waals surface area contributed by atoms with Gasteiger partial charge in [0.05, 0.1) is 0 Å². The monoisotopic (exact) mass is 266 g/mol. The number of aryl methyl sites for hydroxylation is 2. The third-order valence-corrected chi connectivity index (χ3v) is 4.26. The number of fused-ring (bicyclic) bond motifs is 1. The number of hydrogen-bond acceptors (Lipinski definition) is 2. The second kappa shape index (κ2) is 5.76. The Bertz CT molecular complexity index is 574. The Morgan fingerprint density at radius 3 is 2.80 bits per heavy atom. The van der Waals surface area contributed by atoms with Gasteiger partial charge in [-0.15, -0.1) is 0 Å². The molecule has 0 bridgehead atoms. The number of nitrogens with zero attached hydrogens (tertiary/aromatic N) is 1. The number of rotatable bonds is 4. The molecule has 1 aromatic heterocycles. The van der Waals surface area contributed by atoms with E-state index in [4.69, 9.17) is 0 Å². The highest BCUT2D eigenvalue weighted by Crippen LogP contribution is 2.40. The Hall–Kier alpha value is -1.67. The van der Waals surface area contributed by atoms with Crippen LogP contribution in [0, 0.1) is 6.92 Å². The standard InChI is InChI=1S/C18H22N2/c1-3-19-17(15-8-6-13(2)7-9-15)16-11-10-14-5-4-12-20-18(14)16/h4-9,12,16-17,19H,3,10-11H2,1-2H3. The van der Waals surface area contributed by atoms with Crippen molar-refractivity contribution in [3.05, 3.63) is 65.0 Å². The van der Waals surface area contributed by atoms with Crippen LogP contribution in [0.1, 0.15) is 47.7 Å². The lowest BCUT2D eigenvalue weighted by Gasteiger charge is -2.25. The molecule has 0 aliphatic heterocycles. The summed E-state index contributed by atoms with van der Waals surface area (Å²) in [7, 11) is 0. The topological polar surface area (TPSA) is 24.9 Å². The van der Waals surface area contributed by atoms with Gasteiger partial charge in [0.15, 0.2) is 0 Å². The normalized spacial score (nSPS) is 18.8. The highest BCUT2D eigenvalue weighted by molar-refractivity contribution is 5.34. The summed E-state index contributed by atoms with van der Waals surface area (Å²) in [5, 5.41) is 3.66. The quantitative estimate of drug-likeness (QED) is 0.911. The predicted octanol–water partition coefficient (Wildman–Crippen LogP) is 3.77. The molecule has 0 fully saturated rings. The summed E-state index contributed by atoms with van der Waals surface area (Å²) in [4.78, 5) is 4.65. The molecule has 0 saturated heterocycles. The molecule has 20 heavy (non-hydrogen) atoms. The van der Waals surface area contributed by atoms with Crippen molar-refractivity contribution in [1.29, 1.82) is 0 Å². The zero-order chi connectivity index (χ0) is 13.9. The van der Waals surface area contributed by atoms with Crippen LogP contribution in [0.25, 0.3) is 0 Å². The molecule has 1 aliphatic carbocycles. The molecule has 1 N–H and O–H groups in total. The first kappa shape index (κ1) is 13.3. The molecule has 0 radical (unpaired) electrons. The fraction of sp³-hybridized carbons (Fsp3) is 0.389. The lowest BCUT2D eigenvalue weighted by atomic mass is 9.90. The van der Waals surface area contributed by atoms with Gasteiger partial charge in [0.25, 0.3) is 0 Å². The molecule has 2 atom stereocenters. The van der Waals surface area contributed by atoms with E-state index >= 15 is 0 Å². The summed E-state index contributed by atoms with van der Waals surface area (Å²) < 4.78 is 0. The minimum atomic E-state index is 0.372. The lowest BCUT2D eigenvalue weighted by Crippen LogP contribution is -2.26. The molecule has 2 heteroatoms. The third-order valence-electron chi connectivity index (χ3n) is 4.26. The van der Waals surface area contributed by atoms with Crippen LogP contribution in [0.2, 0.25) is 0 Å². The Balaban J connectivity index is 1.94. The van der Waals surface area contributed by atoms with Crippen LogP contribution in [0.5, 0.6) is 0 Å². The van der Waals surface area contributed by atoms with Crippen LogP contribution in [0.4, 0.5) is 0 Å². The Kier molecular flexibility index (Phi) is 3.83. The molecule has 2 nitrogen and oxygen atoms in total. The maximum Gasteiger partial charge on any atom is 0.0485 e. The predicted molar refractivity (Wildman–Crippen MR) is 82.9 cm³/mol. The number of benzene rings is 1. The second-order valence-corrected chi connectivity index (χ2v) is 5.64. The molecular formula is C18H22N2. The fourth-order valence-corrected chi connectivity index (χ4v) is 3.25. The van der Waals surface area contributed by atoms with Crippen molar-refractivity contribution in [1.82, 2.24) is 10.3 Å². The van der Waals surface area contributed by atoms with Crippen molar-refractivity contribution < 1.29 is 0 Å². The largest absolute Gasteiger partial charge is 0.310 e. The number of aromatic nitrogens is 1. The number of nitrogens with one attached hydrogen (secondary N) is 1. The van der Waals surface area contributed by atoms with Crippen LogP contribution in [0.15, 0.2) is 42.6 Å². The van der Waals surface area contributed by atoms with Gasteiger partial charge in [0, 0.05) is 23.9 Å². The Labute approximate surface area is 121 Å². The van der Waals surface area contributed by atoms with Crippen LogP contribution in [0.3, 0.4) is 0 Å². The van der Waals surface area contributed by atoms with Crippen molar-refractivity contribution in [2.45, 2.75) is 38.6 Å². The summed E-state index contributed by atoms with van der Waals surface area (Å²) in [5.41, 5.74) is 5.40. The molecule has 1 aliphatic rings. The fourth-order valence-electron chi connectivity index (χ4n) is 3.25. The summed E-state index contributed by atoms with van der Waals surface area (Å²) in [6, 6.07) is 13.6. The van der Waals surface area contributed by atoms with Crippen LogP contribution in [-0.4, -0.2) is 11.5 Å². The molecule has 2 unspecified atom stereocenters. The van der Waals surface area contributed by atoms with Crippen molar-refractivity contribution in [2.75, 3.05) is 6.54 Å². The maximum atomic E-state index is 4.65. The minimum absolute atomic E-state index is 0.372. The summed E-state index contributed by atoms with van der Waals surface area (Å²) >= 11 is 0. The van der Waals surface area contributed by atoms with Gasteiger partial charge in [0.1, 0.15) is 0 Å². The first-order chi connectivity index (χ1) is 9.79. The molecule has 1 aromatic carbocycles. The van der Waals surface area contributed by atoms with Crippen LogP contribution >= 0.6 is 0 Å². The smallest absolute Gasteiger partial charge is 0.0485 e. The maximum absolute atomic E-state index is 4.65. The molecule has 0 amide bonds. The van der Waals surface area contributed by atoms with Crippen LogP contribution in [-0.2, 0) is 6.42 Å². The molecule has 1 heterocycles. The van der Waals surface area contributed by atoms with E-state index in [1.807, 2.05) is 6.20 Å². The zero-order valence-electron chi connectivity index (χ0n) is 12.3. The highest BCUT2D eigenvalue weighted by atomic mass is 14.9. The van der Waals surface area contributed by atoms with Crippen molar-refractivity contribution in [3.8, 4) is 0 Å². The molecule has 0 saturated carbocycles. The number of likely N-dealkylation sites (N-methyl/N-ethyl adjacent to an activating group) is 1. The van der Waals surface area contributed by atoms with Gasteiger partial charge >= 0.3 is 0 Å². The van der Waals surface area contributed by atoms with Gasteiger partial charge in [-0.3, -0.25) is 4.98 Å². The Morgan fingerprint density at radius 2 is 2.05 bits per heavy atom. The van der Waals surface area contributed by atoms with E-state index in [1.54, 1.807) is 0 Å². The van der Waals surface area contributed by atoms with E-state index in [2.05, 4.69) is 60.5 Å². The van der Waals surface area contributed by atoms with Gasteiger partial charge in [-0.1, -0.05) is 42.8 Å². The zero-order valence-corrected chi connectivity index (χ0v) is 12.3. The molecular weight excluding hydrogens is 244 g/mol. The third kappa shape index (κ3) is 2.48. The summed E-state index contributed by atoms with van der Waals surface area (Å²) in [6.45, 7) is 5.30. The summed E-state index contributed by atoms with van der Waals surface area (Å²) in [6.07, 6.45) is 4.27. The van der Waals surface area contributed by atoms with E-state index in [0.717, 1.165) is 13.0 Å². The van der Waals surface area contributed by atoms with Gasteiger partial charge in [0.2, 0.25) is 0 Å². The van der Waals surface area contributed by atoms with Gasteiger partial charge in [-0.2, -0.15) is 0 Å². The van der Waals surface area contributed by atoms with E-state index < -0.39 is 0 Å². The number of pyridine rings is 1. The average molecular weight is 266 g/mol. The van der Waals surface area contributed by atoms with Crippen molar-refractivity contribution >= 4 is 0 Å². The first-order valence-electron chi connectivity index (χ1n) is 7.53. The molecule has 2 aromatic rings. The van der Waals surface area contributed by atoms with Gasteiger partial charge < -0.3 is 5.32 Å². The SMILES string of the molecule is CCNC(c1ccc(C)cc1)C1CCc2cccnc21.